The maximum Gasteiger partial charge on any atom is 0.329 e. The molecule has 0 radical (unpaired) electrons. The predicted octanol–water partition coefficient (Wildman–Crippen LogP) is 2.22. The van der Waals surface area contributed by atoms with E-state index in [2.05, 4.69) is 21.2 Å². The van der Waals surface area contributed by atoms with Crippen molar-refractivity contribution >= 4 is 23.9 Å². The van der Waals surface area contributed by atoms with Crippen molar-refractivity contribution in [1.29, 1.82) is 0 Å². The molecule has 3 amide bonds. The molecular weight excluding hydrogens is 516 g/mol. The zero-order valence-corrected chi connectivity index (χ0v) is 22.6. The zero-order chi connectivity index (χ0) is 28.7. The summed E-state index contributed by atoms with van der Waals surface area (Å²) in [6, 6.07) is 19.9. The van der Waals surface area contributed by atoms with Gasteiger partial charge in [-0.1, -0.05) is 42.5 Å². The molecule has 0 saturated carbocycles. The van der Waals surface area contributed by atoms with Crippen molar-refractivity contribution in [3.05, 3.63) is 83.4 Å². The van der Waals surface area contributed by atoms with Crippen LogP contribution < -0.4 is 35.0 Å². The van der Waals surface area contributed by atoms with Gasteiger partial charge in [0.05, 0.1) is 27.5 Å². The van der Waals surface area contributed by atoms with Gasteiger partial charge in [-0.2, -0.15) is 5.10 Å². The van der Waals surface area contributed by atoms with Crippen LogP contribution >= 0.6 is 0 Å². The number of carbonyl (C=O) groups excluding carboxylic acids is 3. The number of amides is 3. The maximum absolute atomic E-state index is 12.3. The van der Waals surface area contributed by atoms with Gasteiger partial charge in [-0.05, 0) is 41.8 Å². The Morgan fingerprint density at radius 2 is 1.52 bits per heavy atom. The van der Waals surface area contributed by atoms with E-state index in [0.29, 0.717) is 35.8 Å². The zero-order valence-electron chi connectivity index (χ0n) is 22.6. The minimum atomic E-state index is -0.936. The number of hydrogen-bond acceptors (Lipinski definition) is 8. The van der Waals surface area contributed by atoms with E-state index in [1.807, 2.05) is 36.4 Å². The average molecular weight is 549 g/mol. The van der Waals surface area contributed by atoms with Gasteiger partial charge in [0.2, 0.25) is 0 Å². The molecule has 3 N–H and O–H groups in total. The fourth-order valence-corrected chi connectivity index (χ4v) is 3.58. The van der Waals surface area contributed by atoms with E-state index in [1.165, 1.54) is 13.3 Å². The maximum atomic E-state index is 12.3. The largest absolute Gasteiger partial charge is 0.493 e. The van der Waals surface area contributed by atoms with E-state index in [0.717, 1.165) is 11.1 Å². The minimum absolute atomic E-state index is 0.228. The number of carbonyl (C=O) groups is 3. The van der Waals surface area contributed by atoms with Crippen molar-refractivity contribution in [2.75, 3.05) is 34.5 Å². The molecule has 0 aliphatic carbocycles. The molecule has 0 aliphatic heterocycles. The summed E-state index contributed by atoms with van der Waals surface area (Å²) in [5.74, 6) is -0.286. The molecule has 210 valence electrons. The van der Waals surface area contributed by atoms with Gasteiger partial charge in [-0.15, -0.1) is 0 Å². The number of hydrogen-bond donors (Lipinski definition) is 3. The van der Waals surface area contributed by atoms with Crippen molar-refractivity contribution in [2.45, 2.75) is 13.0 Å². The summed E-state index contributed by atoms with van der Waals surface area (Å²) in [5, 5.41) is 9.19. The lowest BCUT2D eigenvalue weighted by atomic mass is 10.1. The van der Waals surface area contributed by atoms with Crippen LogP contribution in [0.4, 0.5) is 0 Å². The van der Waals surface area contributed by atoms with E-state index in [-0.39, 0.29) is 24.8 Å². The highest BCUT2D eigenvalue weighted by Crippen LogP contribution is 2.30. The molecular formula is C29H32N4O7. The number of rotatable bonds is 13. The Bertz CT molecular complexity index is 1330. The van der Waals surface area contributed by atoms with Gasteiger partial charge in [0.15, 0.2) is 29.6 Å². The van der Waals surface area contributed by atoms with Gasteiger partial charge in [-0.3, -0.25) is 14.4 Å². The van der Waals surface area contributed by atoms with Crippen molar-refractivity contribution in [3.63, 3.8) is 0 Å². The number of nitrogens with one attached hydrogen (secondary N) is 3. The standard InChI is InChI=1S/C29H32N4O7/c1-37-23-13-12-20(16-25(23)39-3)14-15-30-28(35)29(36)33-32-18-22-10-7-11-24(38-2)27(22)40-19-26(34)31-17-21-8-5-4-6-9-21/h4-13,16,18H,14-15,17,19H2,1-3H3,(H,30,35)(H,31,34)(H,33,36)/b32-18-. The van der Waals surface area contributed by atoms with Crippen LogP contribution in [-0.4, -0.2) is 58.4 Å². The van der Waals surface area contributed by atoms with E-state index in [9.17, 15) is 14.4 Å². The third-order valence-electron chi connectivity index (χ3n) is 5.63. The van der Waals surface area contributed by atoms with Crippen LogP contribution in [0.3, 0.4) is 0 Å². The molecule has 3 rings (SSSR count). The normalized spacial score (nSPS) is 10.5. The summed E-state index contributed by atoms with van der Waals surface area (Å²) in [4.78, 5) is 36.7. The molecule has 0 bridgehead atoms. The second kappa shape index (κ2) is 15.4. The predicted molar refractivity (Wildman–Crippen MR) is 149 cm³/mol. The lowest BCUT2D eigenvalue weighted by Crippen LogP contribution is -2.38. The fourth-order valence-electron chi connectivity index (χ4n) is 3.58. The van der Waals surface area contributed by atoms with Crippen molar-refractivity contribution in [2.24, 2.45) is 5.10 Å². The van der Waals surface area contributed by atoms with Crippen LogP contribution in [-0.2, 0) is 27.3 Å². The Morgan fingerprint density at radius 1 is 0.775 bits per heavy atom. The van der Waals surface area contributed by atoms with Gasteiger partial charge in [0.1, 0.15) is 0 Å². The first-order valence-electron chi connectivity index (χ1n) is 12.4. The summed E-state index contributed by atoms with van der Waals surface area (Å²) < 4.78 is 21.5. The molecule has 0 spiro atoms. The first-order valence-corrected chi connectivity index (χ1v) is 12.4. The Hall–Kier alpha value is -5.06. The van der Waals surface area contributed by atoms with E-state index in [1.54, 1.807) is 44.6 Å². The monoisotopic (exact) mass is 548 g/mol. The van der Waals surface area contributed by atoms with E-state index >= 15 is 0 Å². The second-order valence-corrected chi connectivity index (χ2v) is 8.32. The molecule has 11 nitrogen and oxygen atoms in total. The van der Waals surface area contributed by atoms with Gasteiger partial charge >= 0.3 is 11.8 Å². The van der Waals surface area contributed by atoms with Crippen LogP contribution in [0.5, 0.6) is 23.0 Å². The SMILES string of the molecule is COc1ccc(CCNC(=O)C(=O)N/N=C\c2cccc(OC)c2OCC(=O)NCc2ccccc2)cc1OC. The first-order chi connectivity index (χ1) is 19.4. The third kappa shape index (κ3) is 8.76. The molecule has 0 heterocycles. The van der Waals surface area contributed by atoms with Gasteiger partial charge in [0, 0.05) is 18.7 Å². The molecule has 0 fully saturated rings. The van der Waals surface area contributed by atoms with Crippen molar-refractivity contribution < 1.29 is 33.3 Å². The molecule has 0 aliphatic rings. The van der Waals surface area contributed by atoms with Gasteiger partial charge < -0.3 is 29.6 Å². The third-order valence-corrected chi connectivity index (χ3v) is 5.63. The fraction of sp³-hybridized carbons (Fsp3) is 0.241. The highest BCUT2D eigenvalue weighted by molar-refractivity contribution is 6.35. The number of para-hydroxylation sites is 1. The number of nitrogens with zero attached hydrogens (tertiary/aromatic N) is 1. The molecule has 0 unspecified atom stereocenters. The highest BCUT2D eigenvalue weighted by Gasteiger charge is 2.14. The first kappa shape index (κ1) is 29.5. The lowest BCUT2D eigenvalue weighted by Gasteiger charge is -2.13. The Morgan fingerprint density at radius 3 is 2.25 bits per heavy atom. The Kier molecular flexibility index (Phi) is 11.3. The van der Waals surface area contributed by atoms with Crippen LogP contribution in [0.25, 0.3) is 0 Å². The van der Waals surface area contributed by atoms with E-state index in [4.69, 9.17) is 18.9 Å². The lowest BCUT2D eigenvalue weighted by molar-refractivity contribution is -0.139. The molecule has 3 aromatic rings. The average Bonchev–Trinajstić information content (AvgIpc) is 2.99. The summed E-state index contributed by atoms with van der Waals surface area (Å²) in [6.45, 7) is 0.334. The number of hydrazone groups is 1. The molecule has 40 heavy (non-hydrogen) atoms. The highest BCUT2D eigenvalue weighted by atomic mass is 16.5. The number of ether oxygens (including phenoxy) is 4. The van der Waals surface area contributed by atoms with Gasteiger partial charge in [0.25, 0.3) is 5.91 Å². The summed E-state index contributed by atoms with van der Waals surface area (Å²) in [5.41, 5.74) is 4.48. The van der Waals surface area contributed by atoms with Crippen LogP contribution in [0.15, 0.2) is 71.8 Å². The summed E-state index contributed by atoms with van der Waals surface area (Å²) in [6.07, 6.45) is 1.78. The van der Waals surface area contributed by atoms with Gasteiger partial charge in [-0.25, -0.2) is 5.43 Å². The van der Waals surface area contributed by atoms with Crippen molar-refractivity contribution in [1.82, 2.24) is 16.1 Å². The Balaban J connectivity index is 1.50. The topological polar surface area (TPSA) is 137 Å². The van der Waals surface area contributed by atoms with Crippen molar-refractivity contribution in [3.8, 4) is 23.0 Å². The number of benzene rings is 3. The summed E-state index contributed by atoms with van der Waals surface area (Å²) >= 11 is 0. The minimum Gasteiger partial charge on any atom is -0.493 e. The number of methoxy groups -OCH3 is 3. The molecule has 3 aromatic carbocycles. The quantitative estimate of drug-likeness (QED) is 0.169. The smallest absolute Gasteiger partial charge is 0.329 e. The summed E-state index contributed by atoms with van der Waals surface area (Å²) in [7, 11) is 4.55. The molecule has 11 heteroatoms. The molecule has 0 saturated heterocycles. The second-order valence-electron chi connectivity index (χ2n) is 8.32. The van der Waals surface area contributed by atoms with Crippen LogP contribution in [0.1, 0.15) is 16.7 Å². The van der Waals surface area contributed by atoms with Crippen LogP contribution in [0.2, 0.25) is 0 Å². The molecule has 0 aromatic heterocycles. The Labute approximate surface area is 232 Å². The molecule has 0 atom stereocenters. The van der Waals surface area contributed by atoms with Crippen LogP contribution in [0, 0.1) is 0 Å². The van der Waals surface area contributed by atoms with E-state index < -0.39 is 11.8 Å².